The number of amides is 2. The monoisotopic (exact) mass is 476 g/mol. The van der Waals surface area contributed by atoms with Crippen LogP contribution in [0.3, 0.4) is 0 Å². The number of carbonyl (C=O) groups is 2. The van der Waals surface area contributed by atoms with Gasteiger partial charge in [-0.1, -0.05) is 5.16 Å². The van der Waals surface area contributed by atoms with Gasteiger partial charge in [-0.2, -0.15) is 4.31 Å². The average Bonchev–Trinajstić information content (AvgIpc) is 3.29. The van der Waals surface area contributed by atoms with Gasteiger partial charge in [0.05, 0.1) is 23.6 Å². The van der Waals surface area contributed by atoms with Crippen molar-refractivity contribution in [2.75, 3.05) is 46.4 Å². The number of aromatic nitrogens is 1. The number of sulfonamides is 1. The normalized spacial score (nSPS) is 20.0. The van der Waals surface area contributed by atoms with Crippen LogP contribution < -0.4 is 4.74 Å². The van der Waals surface area contributed by atoms with Gasteiger partial charge in [0.15, 0.2) is 0 Å². The Labute approximate surface area is 193 Å². The van der Waals surface area contributed by atoms with Crippen LogP contribution >= 0.6 is 0 Å². The quantitative estimate of drug-likeness (QED) is 0.641. The van der Waals surface area contributed by atoms with E-state index in [1.54, 1.807) is 34.9 Å². The highest BCUT2D eigenvalue weighted by molar-refractivity contribution is 7.89. The predicted molar refractivity (Wildman–Crippen MR) is 118 cm³/mol. The van der Waals surface area contributed by atoms with Gasteiger partial charge in [-0.05, 0) is 44.0 Å². The van der Waals surface area contributed by atoms with E-state index in [4.69, 9.17) is 9.26 Å². The average molecular weight is 477 g/mol. The lowest BCUT2D eigenvalue weighted by Crippen LogP contribution is -2.54. The smallest absolute Gasteiger partial charge is 0.292 e. The molecular weight excluding hydrogens is 448 g/mol. The molecule has 2 saturated heterocycles. The van der Waals surface area contributed by atoms with Crippen LogP contribution in [-0.4, -0.2) is 85.9 Å². The fourth-order valence-electron chi connectivity index (χ4n) is 4.27. The lowest BCUT2D eigenvalue weighted by Gasteiger charge is -2.38. The Bertz CT molecular complexity index is 1110. The van der Waals surface area contributed by atoms with Gasteiger partial charge >= 0.3 is 0 Å². The van der Waals surface area contributed by atoms with E-state index in [0.29, 0.717) is 57.0 Å². The summed E-state index contributed by atoms with van der Waals surface area (Å²) >= 11 is 0. The summed E-state index contributed by atoms with van der Waals surface area (Å²) in [5.74, 6) is 0.0750. The Morgan fingerprint density at radius 2 is 1.73 bits per heavy atom. The number of nitrogens with zero attached hydrogens (tertiary/aromatic N) is 4. The largest absolute Gasteiger partial charge is 0.497 e. The Balaban J connectivity index is 1.36. The highest BCUT2D eigenvalue weighted by Crippen LogP contribution is 2.26. The van der Waals surface area contributed by atoms with Gasteiger partial charge in [-0.15, -0.1) is 0 Å². The van der Waals surface area contributed by atoms with Crippen molar-refractivity contribution in [1.82, 2.24) is 19.3 Å². The molecule has 11 heteroatoms. The number of ether oxygens (including phenoxy) is 1. The lowest BCUT2D eigenvalue weighted by atomic mass is 9.97. The van der Waals surface area contributed by atoms with E-state index in [1.807, 2.05) is 0 Å². The molecular formula is C22H28N4O6S. The molecule has 0 N–H and O–H groups in total. The molecule has 2 aliphatic heterocycles. The molecule has 1 aromatic heterocycles. The third-order valence-electron chi connectivity index (χ3n) is 6.15. The second-order valence-electron chi connectivity index (χ2n) is 8.33. The van der Waals surface area contributed by atoms with Crippen molar-refractivity contribution in [2.24, 2.45) is 5.92 Å². The Morgan fingerprint density at radius 3 is 2.33 bits per heavy atom. The van der Waals surface area contributed by atoms with Crippen LogP contribution in [-0.2, 0) is 14.8 Å². The molecule has 178 valence electrons. The topological polar surface area (TPSA) is 113 Å². The van der Waals surface area contributed by atoms with E-state index in [-0.39, 0.29) is 29.0 Å². The molecule has 0 saturated carbocycles. The van der Waals surface area contributed by atoms with Crippen molar-refractivity contribution in [3.63, 3.8) is 0 Å². The first-order chi connectivity index (χ1) is 15.8. The molecule has 2 fully saturated rings. The van der Waals surface area contributed by atoms with Crippen molar-refractivity contribution < 1.29 is 27.3 Å². The minimum atomic E-state index is -3.70. The van der Waals surface area contributed by atoms with Crippen LogP contribution in [0.15, 0.2) is 39.8 Å². The van der Waals surface area contributed by atoms with E-state index in [9.17, 15) is 18.0 Å². The maximum absolute atomic E-state index is 13.2. The number of methoxy groups -OCH3 is 1. The van der Waals surface area contributed by atoms with Gasteiger partial charge < -0.3 is 19.1 Å². The molecule has 10 nitrogen and oxygen atoms in total. The number of hydrogen-bond acceptors (Lipinski definition) is 7. The van der Waals surface area contributed by atoms with Crippen molar-refractivity contribution in [2.45, 2.75) is 24.7 Å². The van der Waals surface area contributed by atoms with Gasteiger partial charge in [0, 0.05) is 45.3 Å². The molecule has 1 unspecified atom stereocenters. The minimum Gasteiger partial charge on any atom is -0.497 e. The third kappa shape index (κ3) is 4.88. The molecule has 4 rings (SSSR count). The van der Waals surface area contributed by atoms with Gasteiger partial charge in [0.25, 0.3) is 5.91 Å². The summed E-state index contributed by atoms with van der Waals surface area (Å²) in [5.41, 5.74) is 0.638. The highest BCUT2D eigenvalue weighted by atomic mass is 32.2. The van der Waals surface area contributed by atoms with E-state index in [1.165, 1.54) is 23.5 Å². The maximum Gasteiger partial charge on any atom is 0.292 e. The summed E-state index contributed by atoms with van der Waals surface area (Å²) in [6, 6.07) is 7.86. The number of hydrogen-bond donors (Lipinski definition) is 0. The fourth-order valence-corrected chi connectivity index (χ4v) is 5.79. The van der Waals surface area contributed by atoms with E-state index in [0.717, 1.165) is 0 Å². The Morgan fingerprint density at radius 1 is 1.06 bits per heavy atom. The van der Waals surface area contributed by atoms with Crippen LogP contribution in [0.4, 0.5) is 0 Å². The first-order valence-electron chi connectivity index (χ1n) is 10.9. The van der Waals surface area contributed by atoms with E-state index in [2.05, 4.69) is 5.16 Å². The third-order valence-corrected chi connectivity index (χ3v) is 8.03. The molecule has 1 aromatic carbocycles. The zero-order valence-electron chi connectivity index (χ0n) is 18.8. The first-order valence-corrected chi connectivity index (χ1v) is 12.4. The summed E-state index contributed by atoms with van der Waals surface area (Å²) in [7, 11) is -2.17. The zero-order chi connectivity index (χ0) is 23.6. The van der Waals surface area contributed by atoms with Crippen molar-refractivity contribution in [3.8, 4) is 5.75 Å². The maximum atomic E-state index is 13.2. The molecule has 0 aliphatic carbocycles. The molecule has 2 aliphatic rings. The number of aryl methyl sites for hydroxylation is 1. The summed E-state index contributed by atoms with van der Waals surface area (Å²) in [4.78, 5) is 29.2. The summed E-state index contributed by atoms with van der Waals surface area (Å²) in [6.07, 6.45) is 1.26. The van der Waals surface area contributed by atoms with Gasteiger partial charge in [0.1, 0.15) is 5.75 Å². The highest BCUT2D eigenvalue weighted by Gasteiger charge is 2.36. The van der Waals surface area contributed by atoms with Crippen LogP contribution in [0.25, 0.3) is 0 Å². The molecule has 0 radical (unpaired) electrons. The van der Waals surface area contributed by atoms with Crippen LogP contribution in [0.5, 0.6) is 5.75 Å². The molecule has 1 atom stereocenters. The first kappa shape index (κ1) is 23.2. The number of piperidine rings is 1. The number of rotatable bonds is 5. The van der Waals surface area contributed by atoms with E-state index < -0.39 is 15.9 Å². The van der Waals surface area contributed by atoms with Gasteiger partial charge in [-0.3, -0.25) is 9.59 Å². The lowest BCUT2D eigenvalue weighted by molar-refractivity contribution is -0.138. The van der Waals surface area contributed by atoms with Gasteiger partial charge in [0.2, 0.25) is 21.7 Å². The molecule has 2 aromatic rings. The second kappa shape index (κ2) is 9.52. The van der Waals surface area contributed by atoms with Gasteiger partial charge in [-0.25, -0.2) is 8.42 Å². The van der Waals surface area contributed by atoms with Crippen LogP contribution in [0.1, 0.15) is 29.1 Å². The van der Waals surface area contributed by atoms with Crippen LogP contribution in [0.2, 0.25) is 0 Å². The number of benzene rings is 1. The van der Waals surface area contributed by atoms with Crippen LogP contribution in [0, 0.1) is 12.8 Å². The second-order valence-corrected chi connectivity index (χ2v) is 10.3. The number of carbonyl (C=O) groups excluding carboxylic acids is 2. The van der Waals surface area contributed by atoms with Crippen molar-refractivity contribution in [3.05, 3.63) is 41.8 Å². The SMILES string of the molecule is COc1ccc(S(=O)(=O)N2CCCC(C(=O)N3CCN(C(=O)c4cc(C)no4)CC3)C2)cc1. The van der Waals surface area contributed by atoms with E-state index >= 15 is 0 Å². The minimum absolute atomic E-state index is 0.0627. The van der Waals surface area contributed by atoms with Crippen molar-refractivity contribution >= 4 is 21.8 Å². The molecule has 2 amide bonds. The Hall–Kier alpha value is -2.92. The molecule has 0 spiro atoms. The molecule has 33 heavy (non-hydrogen) atoms. The fraction of sp³-hybridized carbons (Fsp3) is 0.500. The van der Waals surface area contributed by atoms with Crippen molar-refractivity contribution in [1.29, 1.82) is 0 Å². The summed E-state index contributed by atoms with van der Waals surface area (Å²) in [6.45, 7) is 3.88. The summed E-state index contributed by atoms with van der Waals surface area (Å²) < 4.78 is 37.7. The Kier molecular flexibility index (Phi) is 6.71. The zero-order valence-corrected chi connectivity index (χ0v) is 19.6. The number of piperazine rings is 1. The standard InChI is InChI=1S/C22H28N4O6S/c1-16-14-20(32-23-16)22(28)25-12-10-24(11-13-25)21(27)17-4-3-9-26(15-17)33(29,30)19-7-5-18(31-2)6-8-19/h5-8,14,17H,3-4,9-13,15H2,1-2H3. The molecule has 0 bridgehead atoms. The molecule has 3 heterocycles. The predicted octanol–water partition coefficient (Wildman–Crippen LogP) is 1.38. The summed E-state index contributed by atoms with van der Waals surface area (Å²) in [5, 5.41) is 3.75.